The highest BCUT2D eigenvalue weighted by Gasteiger charge is 2.05. The van der Waals surface area contributed by atoms with E-state index in [0.717, 1.165) is 0 Å². The van der Waals surface area contributed by atoms with E-state index in [-0.39, 0.29) is 0 Å². The molecule has 0 bridgehead atoms. The van der Waals surface area contributed by atoms with E-state index in [9.17, 15) is 0 Å². The van der Waals surface area contributed by atoms with Crippen molar-refractivity contribution in [1.82, 2.24) is 0 Å². The van der Waals surface area contributed by atoms with Crippen molar-refractivity contribution in [3.8, 4) is 11.1 Å². The Labute approximate surface area is 110 Å². The summed E-state index contributed by atoms with van der Waals surface area (Å²) in [4.78, 5) is 0. The Kier molecular flexibility index (Phi) is 3.83. The minimum absolute atomic E-state index is 0.575. The van der Waals surface area contributed by atoms with E-state index in [0.29, 0.717) is 12.5 Å². The van der Waals surface area contributed by atoms with Crippen molar-refractivity contribution < 1.29 is 0 Å². The molecule has 0 aliphatic rings. The Hall–Kier alpha value is -1.60. The van der Waals surface area contributed by atoms with Crippen molar-refractivity contribution in [2.45, 2.75) is 33.2 Å². The predicted molar refractivity (Wildman–Crippen MR) is 78.6 cm³/mol. The van der Waals surface area contributed by atoms with Crippen molar-refractivity contribution in [1.29, 1.82) is 0 Å². The van der Waals surface area contributed by atoms with E-state index in [1.807, 2.05) is 0 Å². The van der Waals surface area contributed by atoms with Gasteiger partial charge in [0.2, 0.25) is 0 Å². The molecule has 94 valence electrons. The summed E-state index contributed by atoms with van der Waals surface area (Å²) in [6.07, 6.45) is 0. The summed E-state index contributed by atoms with van der Waals surface area (Å²) in [5.41, 5.74) is 12.2. The zero-order chi connectivity index (χ0) is 13.1. The second kappa shape index (κ2) is 5.36. The highest BCUT2D eigenvalue weighted by molar-refractivity contribution is 5.68. The molecule has 0 amide bonds. The summed E-state index contributed by atoms with van der Waals surface area (Å²) in [6, 6.07) is 15.3. The van der Waals surface area contributed by atoms with Crippen LogP contribution in [0.3, 0.4) is 0 Å². The predicted octanol–water partition coefficient (Wildman–Crippen LogP) is 4.24. The van der Waals surface area contributed by atoms with E-state index < -0.39 is 0 Å². The molecule has 0 aliphatic carbocycles. The summed E-state index contributed by atoms with van der Waals surface area (Å²) in [5, 5.41) is 0. The second-order valence-electron chi connectivity index (χ2n) is 5.14. The van der Waals surface area contributed by atoms with Gasteiger partial charge in [-0.2, -0.15) is 0 Å². The molecule has 0 saturated carbocycles. The van der Waals surface area contributed by atoms with Crippen LogP contribution in [-0.4, -0.2) is 0 Å². The largest absolute Gasteiger partial charge is 0.326 e. The fourth-order valence-electron chi connectivity index (χ4n) is 2.18. The molecule has 0 heterocycles. The first-order valence-electron chi connectivity index (χ1n) is 6.51. The van der Waals surface area contributed by atoms with E-state index in [1.165, 1.54) is 27.8 Å². The van der Waals surface area contributed by atoms with Gasteiger partial charge in [-0.05, 0) is 35.1 Å². The molecule has 0 spiro atoms. The second-order valence-corrected chi connectivity index (χ2v) is 5.14. The molecule has 0 aliphatic heterocycles. The smallest absolute Gasteiger partial charge is 0.0184 e. The normalized spacial score (nSPS) is 10.9. The van der Waals surface area contributed by atoms with Gasteiger partial charge in [-0.3, -0.25) is 0 Å². The van der Waals surface area contributed by atoms with Crippen LogP contribution in [0.5, 0.6) is 0 Å². The number of rotatable bonds is 3. The number of nitrogens with two attached hydrogens (primary N) is 1. The van der Waals surface area contributed by atoms with Gasteiger partial charge in [0.25, 0.3) is 0 Å². The first kappa shape index (κ1) is 12.8. The molecule has 2 aromatic carbocycles. The molecule has 2 aromatic rings. The van der Waals surface area contributed by atoms with Crippen molar-refractivity contribution >= 4 is 0 Å². The van der Waals surface area contributed by atoms with Crippen LogP contribution in [0.15, 0.2) is 42.5 Å². The van der Waals surface area contributed by atoms with Crippen LogP contribution in [0.1, 0.15) is 36.5 Å². The van der Waals surface area contributed by atoms with Gasteiger partial charge < -0.3 is 5.73 Å². The van der Waals surface area contributed by atoms with E-state index in [4.69, 9.17) is 5.73 Å². The van der Waals surface area contributed by atoms with Gasteiger partial charge in [0.1, 0.15) is 0 Å². The highest BCUT2D eigenvalue weighted by atomic mass is 14.5. The highest BCUT2D eigenvalue weighted by Crippen LogP contribution is 2.26. The van der Waals surface area contributed by atoms with Gasteiger partial charge in [-0.15, -0.1) is 0 Å². The van der Waals surface area contributed by atoms with E-state index in [2.05, 4.69) is 63.2 Å². The van der Waals surface area contributed by atoms with Crippen LogP contribution >= 0.6 is 0 Å². The summed E-state index contributed by atoms with van der Waals surface area (Å²) in [5.74, 6) is 0.575. The maximum Gasteiger partial charge on any atom is 0.0184 e. The number of benzene rings is 2. The van der Waals surface area contributed by atoms with Gasteiger partial charge in [-0.25, -0.2) is 0 Å². The van der Waals surface area contributed by atoms with Gasteiger partial charge in [0, 0.05) is 6.54 Å². The van der Waals surface area contributed by atoms with Crippen molar-refractivity contribution in [3.05, 3.63) is 59.2 Å². The Bertz CT molecular complexity index is 524. The van der Waals surface area contributed by atoms with Crippen LogP contribution in [0.2, 0.25) is 0 Å². The van der Waals surface area contributed by atoms with E-state index in [1.54, 1.807) is 0 Å². The molecule has 1 heteroatoms. The van der Waals surface area contributed by atoms with Gasteiger partial charge in [0.05, 0.1) is 0 Å². The van der Waals surface area contributed by atoms with Crippen LogP contribution in [0.25, 0.3) is 11.1 Å². The van der Waals surface area contributed by atoms with Crippen LogP contribution in [0, 0.1) is 6.92 Å². The van der Waals surface area contributed by atoms with Crippen molar-refractivity contribution in [3.63, 3.8) is 0 Å². The Morgan fingerprint density at radius 3 is 2.22 bits per heavy atom. The minimum Gasteiger partial charge on any atom is -0.326 e. The molecule has 0 fully saturated rings. The lowest BCUT2D eigenvalue weighted by Gasteiger charge is -2.11. The van der Waals surface area contributed by atoms with Crippen molar-refractivity contribution in [2.75, 3.05) is 0 Å². The Morgan fingerprint density at radius 2 is 1.67 bits per heavy atom. The molecule has 2 rings (SSSR count). The lowest BCUT2D eigenvalue weighted by atomic mass is 9.95. The fourth-order valence-corrected chi connectivity index (χ4v) is 2.18. The molecule has 0 saturated heterocycles. The molecule has 0 aromatic heterocycles. The molecule has 1 nitrogen and oxygen atoms in total. The average molecular weight is 239 g/mol. The fraction of sp³-hybridized carbons (Fsp3) is 0.294. The molecule has 0 unspecified atom stereocenters. The first-order valence-corrected chi connectivity index (χ1v) is 6.51. The maximum absolute atomic E-state index is 5.82. The molecule has 18 heavy (non-hydrogen) atoms. The summed E-state index contributed by atoms with van der Waals surface area (Å²) in [7, 11) is 0. The van der Waals surface area contributed by atoms with Crippen LogP contribution < -0.4 is 5.73 Å². The zero-order valence-corrected chi connectivity index (χ0v) is 11.4. The maximum atomic E-state index is 5.82. The first-order chi connectivity index (χ1) is 8.61. The summed E-state index contributed by atoms with van der Waals surface area (Å²) in [6.45, 7) is 7.13. The Balaban J connectivity index is 2.44. The molecular weight excluding hydrogens is 218 g/mol. The SMILES string of the molecule is Cc1ccc(CN)c(-c2ccc(C(C)C)cc2)c1. The van der Waals surface area contributed by atoms with Gasteiger partial charge in [-0.1, -0.05) is 61.9 Å². The third kappa shape index (κ3) is 2.62. The molecule has 0 radical (unpaired) electrons. The molecule has 0 atom stereocenters. The lowest BCUT2D eigenvalue weighted by molar-refractivity contribution is 0.867. The average Bonchev–Trinajstić information content (AvgIpc) is 2.39. The monoisotopic (exact) mass is 239 g/mol. The standard InChI is InChI=1S/C17H21N/c1-12(2)14-6-8-15(9-7-14)17-10-13(3)4-5-16(17)11-18/h4-10,12H,11,18H2,1-3H3. The molecule has 2 N–H and O–H groups in total. The number of aryl methyl sites for hydroxylation is 1. The quantitative estimate of drug-likeness (QED) is 0.851. The third-order valence-electron chi connectivity index (χ3n) is 3.37. The van der Waals surface area contributed by atoms with Crippen LogP contribution in [0.4, 0.5) is 0 Å². The van der Waals surface area contributed by atoms with E-state index >= 15 is 0 Å². The van der Waals surface area contributed by atoms with Gasteiger partial charge in [0.15, 0.2) is 0 Å². The topological polar surface area (TPSA) is 26.0 Å². The molecular formula is C17H21N. The zero-order valence-electron chi connectivity index (χ0n) is 11.4. The minimum atomic E-state index is 0.575. The summed E-state index contributed by atoms with van der Waals surface area (Å²) >= 11 is 0. The lowest BCUT2D eigenvalue weighted by Crippen LogP contribution is -1.99. The number of hydrogen-bond donors (Lipinski definition) is 1. The van der Waals surface area contributed by atoms with Crippen LogP contribution in [-0.2, 0) is 6.54 Å². The number of hydrogen-bond acceptors (Lipinski definition) is 1. The van der Waals surface area contributed by atoms with Gasteiger partial charge >= 0.3 is 0 Å². The third-order valence-corrected chi connectivity index (χ3v) is 3.37. The Morgan fingerprint density at radius 1 is 1.00 bits per heavy atom. The van der Waals surface area contributed by atoms with Crippen molar-refractivity contribution in [2.24, 2.45) is 5.73 Å². The summed E-state index contributed by atoms with van der Waals surface area (Å²) < 4.78 is 0.